The van der Waals surface area contributed by atoms with Gasteiger partial charge in [-0.25, -0.2) is 0 Å². The van der Waals surface area contributed by atoms with Gasteiger partial charge in [-0.2, -0.15) is 5.10 Å². The Balaban J connectivity index is 2.03. The van der Waals surface area contributed by atoms with Gasteiger partial charge in [-0.1, -0.05) is 24.3 Å². The summed E-state index contributed by atoms with van der Waals surface area (Å²) in [4.78, 5) is 0. The van der Waals surface area contributed by atoms with E-state index in [-0.39, 0.29) is 0 Å². The fourth-order valence-corrected chi connectivity index (χ4v) is 1.84. The van der Waals surface area contributed by atoms with Crippen molar-refractivity contribution in [2.24, 2.45) is 12.8 Å². The first kappa shape index (κ1) is 11.7. The van der Waals surface area contributed by atoms with Crippen LogP contribution in [0.1, 0.15) is 11.1 Å². The molecule has 0 aliphatic heterocycles. The van der Waals surface area contributed by atoms with E-state index in [1.54, 1.807) is 4.68 Å². The molecule has 0 saturated carbocycles. The quantitative estimate of drug-likeness (QED) is 0.819. The first-order valence-corrected chi connectivity index (χ1v) is 5.79. The van der Waals surface area contributed by atoms with Gasteiger partial charge < -0.3 is 11.1 Å². The largest absolute Gasteiger partial charge is 0.378 e. The number of hydrogen-bond acceptors (Lipinski definition) is 3. The number of aromatic nitrogens is 2. The number of aryl methyl sites for hydroxylation is 1. The van der Waals surface area contributed by atoms with E-state index in [4.69, 9.17) is 5.73 Å². The maximum atomic E-state index is 5.61. The van der Waals surface area contributed by atoms with Crippen LogP contribution in [0.2, 0.25) is 0 Å². The van der Waals surface area contributed by atoms with Gasteiger partial charge in [-0.05, 0) is 24.1 Å². The molecule has 2 aromatic rings. The highest BCUT2D eigenvalue weighted by atomic mass is 15.3. The van der Waals surface area contributed by atoms with Crippen molar-refractivity contribution in [1.29, 1.82) is 0 Å². The Bertz CT molecular complexity index is 476. The SMILES string of the molecule is Cn1cc(NCc2ccccc2CCN)cn1. The molecular formula is C13H18N4. The predicted octanol–water partition coefficient (Wildman–Crippen LogP) is 1.53. The lowest BCUT2D eigenvalue weighted by molar-refractivity contribution is 0.768. The molecule has 1 aromatic carbocycles. The molecule has 0 radical (unpaired) electrons. The molecule has 0 bridgehead atoms. The van der Waals surface area contributed by atoms with E-state index in [9.17, 15) is 0 Å². The Morgan fingerprint density at radius 2 is 2.06 bits per heavy atom. The Hall–Kier alpha value is -1.81. The van der Waals surface area contributed by atoms with E-state index < -0.39 is 0 Å². The average molecular weight is 230 g/mol. The van der Waals surface area contributed by atoms with Crippen LogP contribution in [-0.2, 0) is 20.0 Å². The highest BCUT2D eigenvalue weighted by Gasteiger charge is 2.01. The lowest BCUT2D eigenvalue weighted by atomic mass is 10.0. The van der Waals surface area contributed by atoms with Gasteiger partial charge >= 0.3 is 0 Å². The molecule has 2 rings (SSSR count). The molecule has 0 atom stereocenters. The third-order valence-corrected chi connectivity index (χ3v) is 2.72. The van der Waals surface area contributed by atoms with E-state index in [1.165, 1.54) is 11.1 Å². The summed E-state index contributed by atoms with van der Waals surface area (Å²) in [5.41, 5.74) is 9.25. The summed E-state index contributed by atoms with van der Waals surface area (Å²) in [5, 5.41) is 7.48. The second-order valence-corrected chi connectivity index (χ2v) is 4.06. The number of hydrogen-bond donors (Lipinski definition) is 2. The Morgan fingerprint density at radius 1 is 1.29 bits per heavy atom. The summed E-state index contributed by atoms with van der Waals surface area (Å²) in [5.74, 6) is 0. The minimum atomic E-state index is 0.684. The molecule has 1 aromatic heterocycles. The minimum Gasteiger partial charge on any atom is -0.378 e. The minimum absolute atomic E-state index is 0.684. The van der Waals surface area contributed by atoms with Gasteiger partial charge in [-0.3, -0.25) is 4.68 Å². The third kappa shape index (κ3) is 3.07. The molecule has 0 aliphatic carbocycles. The van der Waals surface area contributed by atoms with Crippen LogP contribution in [0.4, 0.5) is 5.69 Å². The molecule has 4 heteroatoms. The topological polar surface area (TPSA) is 55.9 Å². The molecule has 0 fully saturated rings. The number of nitrogens with one attached hydrogen (secondary N) is 1. The molecule has 90 valence electrons. The number of benzene rings is 1. The van der Waals surface area contributed by atoms with Gasteiger partial charge in [0, 0.05) is 19.8 Å². The fraction of sp³-hybridized carbons (Fsp3) is 0.308. The number of anilines is 1. The second kappa shape index (κ2) is 5.50. The zero-order chi connectivity index (χ0) is 12.1. The van der Waals surface area contributed by atoms with Gasteiger partial charge in [0.1, 0.15) is 0 Å². The second-order valence-electron chi connectivity index (χ2n) is 4.06. The van der Waals surface area contributed by atoms with Crippen LogP contribution in [0.3, 0.4) is 0 Å². The third-order valence-electron chi connectivity index (χ3n) is 2.72. The van der Waals surface area contributed by atoms with E-state index >= 15 is 0 Å². The Kier molecular flexibility index (Phi) is 3.77. The average Bonchev–Trinajstić information content (AvgIpc) is 2.74. The van der Waals surface area contributed by atoms with Crippen LogP contribution in [0, 0.1) is 0 Å². The molecule has 4 nitrogen and oxygen atoms in total. The van der Waals surface area contributed by atoms with Crippen molar-refractivity contribution in [3.8, 4) is 0 Å². The zero-order valence-electron chi connectivity index (χ0n) is 10.1. The maximum absolute atomic E-state index is 5.61. The zero-order valence-corrected chi connectivity index (χ0v) is 10.1. The van der Waals surface area contributed by atoms with Crippen LogP contribution in [-0.4, -0.2) is 16.3 Å². The molecule has 3 N–H and O–H groups in total. The van der Waals surface area contributed by atoms with Crippen molar-refractivity contribution in [3.63, 3.8) is 0 Å². The molecule has 0 spiro atoms. The van der Waals surface area contributed by atoms with Gasteiger partial charge in [0.05, 0.1) is 11.9 Å². The first-order valence-electron chi connectivity index (χ1n) is 5.79. The lowest BCUT2D eigenvalue weighted by Crippen LogP contribution is -2.07. The van der Waals surface area contributed by atoms with Crippen molar-refractivity contribution >= 4 is 5.69 Å². The fourth-order valence-electron chi connectivity index (χ4n) is 1.84. The van der Waals surface area contributed by atoms with Crippen LogP contribution >= 0.6 is 0 Å². The molecule has 1 heterocycles. The lowest BCUT2D eigenvalue weighted by Gasteiger charge is -2.09. The van der Waals surface area contributed by atoms with Crippen LogP contribution in [0.5, 0.6) is 0 Å². The highest BCUT2D eigenvalue weighted by molar-refractivity contribution is 5.40. The van der Waals surface area contributed by atoms with E-state index in [0.29, 0.717) is 6.54 Å². The Morgan fingerprint density at radius 3 is 2.71 bits per heavy atom. The summed E-state index contributed by atoms with van der Waals surface area (Å²) in [6, 6.07) is 8.38. The summed E-state index contributed by atoms with van der Waals surface area (Å²) in [6.45, 7) is 1.49. The van der Waals surface area contributed by atoms with Crippen molar-refractivity contribution < 1.29 is 0 Å². The van der Waals surface area contributed by atoms with Crippen molar-refractivity contribution in [2.75, 3.05) is 11.9 Å². The van der Waals surface area contributed by atoms with Crippen molar-refractivity contribution in [1.82, 2.24) is 9.78 Å². The van der Waals surface area contributed by atoms with Crippen molar-refractivity contribution in [3.05, 3.63) is 47.8 Å². The monoisotopic (exact) mass is 230 g/mol. The van der Waals surface area contributed by atoms with Gasteiger partial charge in [-0.15, -0.1) is 0 Å². The highest BCUT2D eigenvalue weighted by Crippen LogP contribution is 2.12. The number of nitrogens with two attached hydrogens (primary N) is 1. The van der Waals surface area contributed by atoms with Crippen LogP contribution in [0.15, 0.2) is 36.7 Å². The van der Waals surface area contributed by atoms with E-state index in [2.05, 4.69) is 34.7 Å². The van der Waals surface area contributed by atoms with Crippen molar-refractivity contribution in [2.45, 2.75) is 13.0 Å². The van der Waals surface area contributed by atoms with Crippen LogP contribution < -0.4 is 11.1 Å². The van der Waals surface area contributed by atoms with E-state index in [1.807, 2.05) is 19.4 Å². The molecule has 0 aliphatic rings. The van der Waals surface area contributed by atoms with Crippen LogP contribution in [0.25, 0.3) is 0 Å². The van der Waals surface area contributed by atoms with Gasteiger partial charge in [0.25, 0.3) is 0 Å². The standard InChI is InChI=1S/C13H18N4/c1-17-10-13(9-16-17)15-8-12-5-3-2-4-11(12)6-7-14/h2-5,9-10,15H,6-8,14H2,1H3. The number of nitrogens with zero attached hydrogens (tertiary/aromatic N) is 2. The van der Waals surface area contributed by atoms with Gasteiger partial charge in [0.15, 0.2) is 0 Å². The summed E-state index contributed by atoms with van der Waals surface area (Å²) in [6.07, 6.45) is 4.71. The van der Waals surface area contributed by atoms with E-state index in [0.717, 1.165) is 18.7 Å². The van der Waals surface area contributed by atoms with Gasteiger partial charge in [0.2, 0.25) is 0 Å². The first-order chi connectivity index (χ1) is 8.29. The predicted molar refractivity (Wildman–Crippen MR) is 69.7 cm³/mol. The summed E-state index contributed by atoms with van der Waals surface area (Å²) < 4.78 is 1.79. The molecule has 17 heavy (non-hydrogen) atoms. The maximum Gasteiger partial charge on any atom is 0.0729 e. The Labute approximate surface area is 101 Å². The molecular weight excluding hydrogens is 212 g/mol. The normalized spacial score (nSPS) is 10.5. The molecule has 0 unspecified atom stereocenters. The molecule has 0 amide bonds. The smallest absolute Gasteiger partial charge is 0.0729 e. The number of rotatable bonds is 5. The summed E-state index contributed by atoms with van der Waals surface area (Å²) >= 11 is 0. The summed E-state index contributed by atoms with van der Waals surface area (Å²) in [7, 11) is 1.91. The molecule has 0 saturated heterocycles.